The summed E-state index contributed by atoms with van der Waals surface area (Å²) in [6.45, 7) is 1.87. The molecule has 0 aliphatic rings. The van der Waals surface area contributed by atoms with Crippen LogP contribution in [-0.2, 0) is 4.74 Å². The molecule has 0 aliphatic carbocycles. The van der Waals surface area contributed by atoms with E-state index in [1.807, 2.05) is 13.0 Å². The summed E-state index contributed by atoms with van der Waals surface area (Å²) in [5.41, 5.74) is 8.41. The second-order valence-corrected chi connectivity index (χ2v) is 5.27. The minimum atomic E-state index is -0.522. The van der Waals surface area contributed by atoms with Crippen LogP contribution >= 0.6 is 23.2 Å². The molecule has 0 fully saturated rings. The number of nitrogens with two attached hydrogens (primary N) is 1. The van der Waals surface area contributed by atoms with Crippen molar-refractivity contribution in [2.45, 2.75) is 6.92 Å². The van der Waals surface area contributed by atoms with Gasteiger partial charge in [0.15, 0.2) is 0 Å². The lowest BCUT2D eigenvalue weighted by atomic mass is 10.1. The second-order valence-electron chi connectivity index (χ2n) is 4.45. The van der Waals surface area contributed by atoms with Gasteiger partial charge in [0.1, 0.15) is 0 Å². The van der Waals surface area contributed by atoms with Gasteiger partial charge in [-0.15, -0.1) is 0 Å². The number of hydrogen-bond donors (Lipinski definition) is 2. The molecule has 0 unspecified atom stereocenters. The van der Waals surface area contributed by atoms with E-state index in [0.717, 1.165) is 11.3 Å². The molecule has 0 bridgehead atoms. The Bertz CT molecular complexity index is 702. The third kappa shape index (κ3) is 3.23. The number of rotatable bonds is 3. The van der Waals surface area contributed by atoms with Crippen molar-refractivity contribution in [2.24, 2.45) is 0 Å². The summed E-state index contributed by atoms with van der Waals surface area (Å²) in [4.78, 5) is 11.9. The topological polar surface area (TPSA) is 64.3 Å². The molecule has 0 amide bonds. The second kappa shape index (κ2) is 6.24. The Morgan fingerprint density at radius 1 is 1.24 bits per heavy atom. The van der Waals surface area contributed by atoms with Crippen LogP contribution in [0.2, 0.25) is 10.0 Å². The first kappa shape index (κ1) is 15.5. The Morgan fingerprint density at radius 2 is 1.95 bits per heavy atom. The minimum absolute atomic E-state index is 0.266. The molecular weight excluding hydrogens is 311 g/mol. The molecule has 0 saturated carbocycles. The standard InChI is InChI=1S/C15H14Cl2N2O2/c1-8-11(16)4-3-5-13(8)19-14-10(15(20)21-2)6-9(18)7-12(14)17/h3-7,19H,18H2,1-2H3. The lowest BCUT2D eigenvalue weighted by Crippen LogP contribution is -2.08. The lowest BCUT2D eigenvalue weighted by molar-refractivity contribution is 0.0602. The molecule has 0 heterocycles. The van der Waals surface area contributed by atoms with Gasteiger partial charge in [-0.05, 0) is 36.8 Å². The van der Waals surface area contributed by atoms with Gasteiger partial charge in [0, 0.05) is 16.4 Å². The van der Waals surface area contributed by atoms with Gasteiger partial charge in [-0.3, -0.25) is 0 Å². The number of carbonyl (C=O) groups is 1. The van der Waals surface area contributed by atoms with Crippen LogP contribution in [0.3, 0.4) is 0 Å². The highest BCUT2D eigenvalue weighted by Gasteiger charge is 2.17. The zero-order valence-electron chi connectivity index (χ0n) is 11.5. The Hall–Kier alpha value is -1.91. The quantitative estimate of drug-likeness (QED) is 0.648. The lowest BCUT2D eigenvalue weighted by Gasteiger charge is -2.15. The highest BCUT2D eigenvalue weighted by atomic mass is 35.5. The Kier molecular flexibility index (Phi) is 4.60. The fourth-order valence-electron chi connectivity index (χ4n) is 1.90. The van der Waals surface area contributed by atoms with E-state index in [-0.39, 0.29) is 5.56 Å². The molecule has 4 nitrogen and oxygen atoms in total. The highest BCUT2D eigenvalue weighted by molar-refractivity contribution is 6.34. The van der Waals surface area contributed by atoms with E-state index in [2.05, 4.69) is 5.32 Å². The zero-order chi connectivity index (χ0) is 15.6. The molecule has 2 rings (SSSR count). The van der Waals surface area contributed by atoms with Gasteiger partial charge in [0.25, 0.3) is 0 Å². The van der Waals surface area contributed by atoms with Crippen molar-refractivity contribution < 1.29 is 9.53 Å². The summed E-state index contributed by atoms with van der Waals surface area (Å²) >= 11 is 12.3. The fraction of sp³-hybridized carbons (Fsp3) is 0.133. The van der Waals surface area contributed by atoms with Crippen molar-refractivity contribution in [1.82, 2.24) is 0 Å². The van der Waals surface area contributed by atoms with Crippen LogP contribution in [0.5, 0.6) is 0 Å². The van der Waals surface area contributed by atoms with Crippen molar-refractivity contribution in [3.63, 3.8) is 0 Å². The molecule has 2 aromatic carbocycles. The summed E-state index contributed by atoms with van der Waals surface area (Å²) in [5, 5.41) is 4.06. The molecule has 0 atom stereocenters. The van der Waals surface area contributed by atoms with E-state index < -0.39 is 5.97 Å². The van der Waals surface area contributed by atoms with Gasteiger partial charge in [0.05, 0.1) is 23.4 Å². The highest BCUT2D eigenvalue weighted by Crippen LogP contribution is 2.34. The largest absolute Gasteiger partial charge is 0.465 e. The van der Waals surface area contributed by atoms with Gasteiger partial charge < -0.3 is 15.8 Å². The number of methoxy groups -OCH3 is 1. The number of ether oxygens (including phenoxy) is 1. The molecule has 0 radical (unpaired) electrons. The molecule has 110 valence electrons. The summed E-state index contributed by atoms with van der Waals surface area (Å²) in [5.74, 6) is -0.522. The van der Waals surface area contributed by atoms with Crippen LogP contribution in [0.1, 0.15) is 15.9 Å². The van der Waals surface area contributed by atoms with E-state index in [1.54, 1.807) is 18.2 Å². The number of nitrogens with one attached hydrogen (secondary N) is 1. The van der Waals surface area contributed by atoms with Crippen molar-refractivity contribution >= 4 is 46.2 Å². The maximum Gasteiger partial charge on any atom is 0.340 e. The number of carbonyl (C=O) groups excluding carboxylic acids is 1. The van der Waals surface area contributed by atoms with E-state index in [9.17, 15) is 4.79 Å². The van der Waals surface area contributed by atoms with Crippen molar-refractivity contribution in [1.29, 1.82) is 0 Å². The number of nitrogen functional groups attached to an aromatic ring is 1. The van der Waals surface area contributed by atoms with Gasteiger partial charge in [-0.25, -0.2) is 4.79 Å². The third-order valence-electron chi connectivity index (χ3n) is 3.05. The van der Waals surface area contributed by atoms with Crippen LogP contribution in [-0.4, -0.2) is 13.1 Å². The van der Waals surface area contributed by atoms with Crippen LogP contribution in [0, 0.1) is 6.92 Å². The summed E-state index contributed by atoms with van der Waals surface area (Å²) in [6.07, 6.45) is 0. The summed E-state index contributed by atoms with van der Waals surface area (Å²) < 4.78 is 4.76. The van der Waals surface area contributed by atoms with Crippen LogP contribution < -0.4 is 11.1 Å². The summed E-state index contributed by atoms with van der Waals surface area (Å²) in [6, 6.07) is 8.51. The van der Waals surface area contributed by atoms with Gasteiger partial charge >= 0.3 is 5.97 Å². The number of esters is 1. The minimum Gasteiger partial charge on any atom is -0.465 e. The Labute approximate surface area is 132 Å². The molecule has 0 saturated heterocycles. The molecular formula is C15H14Cl2N2O2. The average Bonchev–Trinajstić information content (AvgIpc) is 2.45. The van der Waals surface area contributed by atoms with Crippen molar-refractivity contribution in [2.75, 3.05) is 18.2 Å². The van der Waals surface area contributed by atoms with Crippen molar-refractivity contribution in [3.05, 3.63) is 51.5 Å². The van der Waals surface area contributed by atoms with Gasteiger partial charge in [-0.2, -0.15) is 0 Å². The number of hydrogen-bond acceptors (Lipinski definition) is 4. The fourth-order valence-corrected chi connectivity index (χ4v) is 2.35. The van der Waals surface area contributed by atoms with Crippen molar-refractivity contribution in [3.8, 4) is 0 Å². The molecule has 3 N–H and O–H groups in total. The molecule has 0 aliphatic heterocycles. The molecule has 6 heteroatoms. The maximum absolute atomic E-state index is 11.9. The molecule has 21 heavy (non-hydrogen) atoms. The SMILES string of the molecule is COC(=O)c1cc(N)cc(Cl)c1Nc1cccc(Cl)c1C. The molecule has 0 spiro atoms. The molecule has 0 aromatic heterocycles. The van der Waals surface area contributed by atoms with Crippen LogP contribution in [0.15, 0.2) is 30.3 Å². The zero-order valence-corrected chi connectivity index (χ0v) is 13.0. The van der Waals surface area contributed by atoms with E-state index >= 15 is 0 Å². The molecule has 2 aromatic rings. The van der Waals surface area contributed by atoms with E-state index in [0.29, 0.717) is 21.4 Å². The normalized spacial score (nSPS) is 10.3. The predicted molar refractivity (Wildman–Crippen MR) is 86.7 cm³/mol. The average molecular weight is 325 g/mol. The number of halogens is 2. The Balaban J connectivity index is 2.53. The number of benzene rings is 2. The first-order chi connectivity index (χ1) is 9.93. The first-order valence-corrected chi connectivity index (χ1v) is 6.89. The van der Waals surface area contributed by atoms with E-state index in [1.165, 1.54) is 13.2 Å². The summed E-state index contributed by atoms with van der Waals surface area (Å²) in [7, 11) is 1.30. The maximum atomic E-state index is 11.9. The number of anilines is 3. The van der Waals surface area contributed by atoms with Gasteiger partial charge in [-0.1, -0.05) is 29.3 Å². The third-order valence-corrected chi connectivity index (χ3v) is 3.75. The monoisotopic (exact) mass is 324 g/mol. The Morgan fingerprint density at radius 3 is 2.62 bits per heavy atom. The van der Waals surface area contributed by atoms with Crippen LogP contribution in [0.25, 0.3) is 0 Å². The van der Waals surface area contributed by atoms with Gasteiger partial charge in [0.2, 0.25) is 0 Å². The predicted octanol–water partition coefficient (Wildman–Crippen LogP) is 4.41. The smallest absolute Gasteiger partial charge is 0.340 e. The van der Waals surface area contributed by atoms with Crippen LogP contribution in [0.4, 0.5) is 17.1 Å². The first-order valence-electron chi connectivity index (χ1n) is 6.13. The van der Waals surface area contributed by atoms with E-state index in [4.69, 9.17) is 33.7 Å².